The number of rotatable bonds is 73. The Balaban J connectivity index is 5.27. The number of carbonyl (C=O) groups excluding carboxylic acids is 4. The molecule has 0 aliphatic rings. The van der Waals surface area contributed by atoms with Gasteiger partial charge in [-0.1, -0.05) is 331 Å². The van der Waals surface area contributed by atoms with E-state index in [1.807, 2.05) is 0 Å². The van der Waals surface area contributed by atoms with Crippen LogP contribution in [0.1, 0.15) is 382 Å². The number of esters is 4. The molecule has 3 N–H and O–H groups in total. The van der Waals surface area contributed by atoms with Gasteiger partial charge in [-0.05, 0) is 43.4 Å². The largest absolute Gasteiger partial charge is 0.472 e. The summed E-state index contributed by atoms with van der Waals surface area (Å²) in [6.45, 7) is 11.9. The van der Waals surface area contributed by atoms with Gasteiger partial charge in [0.15, 0.2) is 12.2 Å². The molecule has 17 nitrogen and oxygen atoms in total. The van der Waals surface area contributed by atoms with Crippen LogP contribution in [0.2, 0.25) is 0 Å². The molecule has 0 amide bonds. The lowest BCUT2D eigenvalue weighted by Gasteiger charge is -2.21. The van der Waals surface area contributed by atoms with Crippen LogP contribution in [0.5, 0.6) is 0 Å². The summed E-state index contributed by atoms with van der Waals surface area (Å²) in [5.74, 6) is 0.169. The van der Waals surface area contributed by atoms with Crippen LogP contribution in [0.4, 0.5) is 0 Å². The van der Waals surface area contributed by atoms with Crippen LogP contribution in [0, 0.1) is 17.8 Å². The van der Waals surface area contributed by atoms with Gasteiger partial charge in [0.1, 0.15) is 19.3 Å². The maximum atomic E-state index is 13.1. The molecule has 6 atom stereocenters. The van der Waals surface area contributed by atoms with E-state index >= 15 is 0 Å². The van der Waals surface area contributed by atoms with Crippen LogP contribution >= 0.6 is 15.6 Å². The number of phosphoric acid groups is 2. The summed E-state index contributed by atoms with van der Waals surface area (Å²) in [5.41, 5.74) is 0. The fraction of sp³-hybridized carbons (Fsp3) is 0.947. The number of unbranched alkanes of at least 4 members (excludes halogenated alkanes) is 40. The minimum atomic E-state index is -4.96. The molecular formula is C75H146O17P2. The molecule has 0 bridgehead atoms. The van der Waals surface area contributed by atoms with Gasteiger partial charge >= 0.3 is 39.5 Å². The van der Waals surface area contributed by atoms with Gasteiger partial charge in [-0.25, -0.2) is 9.13 Å². The normalized spacial score (nSPS) is 14.4. The average Bonchev–Trinajstić information content (AvgIpc) is 1.66. The molecule has 19 heteroatoms. The van der Waals surface area contributed by atoms with Crippen molar-refractivity contribution in [2.45, 2.75) is 401 Å². The van der Waals surface area contributed by atoms with E-state index in [2.05, 4.69) is 48.5 Å². The summed E-state index contributed by atoms with van der Waals surface area (Å²) in [6.07, 6.45) is 51.2. The molecule has 94 heavy (non-hydrogen) atoms. The lowest BCUT2D eigenvalue weighted by molar-refractivity contribution is -0.161. The fourth-order valence-corrected chi connectivity index (χ4v) is 13.0. The third-order valence-corrected chi connectivity index (χ3v) is 19.6. The minimum Gasteiger partial charge on any atom is -0.462 e. The molecule has 558 valence electrons. The summed E-state index contributed by atoms with van der Waals surface area (Å²) in [5, 5.41) is 10.6. The first-order valence-electron chi connectivity index (χ1n) is 38.9. The summed E-state index contributed by atoms with van der Waals surface area (Å²) in [6, 6.07) is 0. The van der Waals surface area contributed by atoms with Gasteiger partial charge in [0.2, 0.25) is 0 Å². The Labute approximate surface area is 575 Å². The second-order valence-electron chi connectivity index (χ2n) is 28.2. The highest BCUT2D eigenvalue weighted by atomic mass is 31.2. The van der Waals surface area contributed by atoms with E-state index in [1.54, 1.807) is 0 Å². The van der Waals surface area contributed by atoms with Crippen molar-refractivity contribution in [2.75, 3.05) is 39.6 Å². The van der Waals surface area contributed by atoms with Crippen LogP contribution in [-0.4, -0.2) is 96.7 Å². The Morgan fingerprint density at radius 1 is 0.309 bits per heavy atom. The molecule has 0 saturated carbocycles. The van der Waals surface area contributed by atoms with Crippen LogP contribution < -0.4 is 0 Å². The fourth-order valence-electron chi connectivity index (χ4n) is 11.4. The second kappa shape index (κ2) is 65.7. The zero-order valence-corrected chi connectivity index (χ0v) is 63.2. The molecule has 0 radical (unpaired) electrons. The topological polar surface area (TPSA) is 237 Å². The van der Waals surface area contributed by atoms with Crippen molar-refractivity contribution >= 4 is 39.5 Å². The van der Waals surface area contributed by atoms with Gasteiger partial charge < -0.3 is 33.8 Å². The van der Waals surface area contributed by atoms with Crippen LogP contribution in [0.3, 0.4) is 0 Å². The van der Waals surface area contributed by atoms with Crippen LogP contribution in [0.15, 0.2) is 0 Å². The average molecular weight is 1380 g/mol. The number of ether oxygens (including phenoxy) is 4. The van der Waals surface area contributed by atoms with E-state index in [0.29, 0.717) is 25.7 Å². The van der Waals surface area contributed by atoms with Crippen molar-refractivity contribution in [1.29, 1.82) is 0 Å². The molecule has 0 spiro atoms. The first-order chi connectivity index (χ1) is 45.3. The maximum Gasteiger partial charge on any atom is 0.472 e. The molecule has 0 saturated heterocycles. The van der Waals surface area contributed by atoms with Crippen LogP contribution in [-0.2, 0) is 65.4 Å². The number of hydrogen-bond acceptors (Lipinski definition) is 15. The van der Waals surface area contributed by atoms with Gasteiger partial charge in [-0.15, -0.1) is 0 Å². The van der Waals surface area contributed by atoms with E-state index in [1.165, 1.54) is 193 Å². The second-order valence-corrected chi connectivity index (χ2v) is 31.1. The van der Waals surface area contributed by atoms with E-state index in [9.17, 15) is 43.2 Å². The number of aliphatic hydroxyl groups excluding tert-OH is 1. The predicted molar refractivity (Wildman–Crippen MR) is 381 cm³/mol. The van der Waals surface area contributed by atoms with E-state index in [0.717, 1.165) is 108 Å². The number of hydrogen-bond donors (Lipinski definition) is 3. The standard InChI is InChI=1S/C75H146O17P2/c1-8-10-11-12-13-14-15-16-17-18-19-20-28-37-44-51-58-74(79)91-70(62-85-72(77)56-49-42-35-27-24-22-26-34-41-48-55-68(7)9-2)64-89-93(81,82)87-60-69(76)61-88-94(83,84)90-65-71(63-86-73(78)57-50-43-36-31-30-33-40-47-54-67(5)6)92-75(80)59-52-45-38-29-23-21-25-32-39-46-53-66(3)4/h66-71,76H,8-65H2,1-7H3,(H,81,82)(H,83,84)/t68?,69-,70-,71-/m1/s1. The molecule has 3 unspecified atom stereocenters. The third kappa shape index (κ3) is 67.3. The van der Waals surface area contributed by atoms with Gasteiger partial charge in [0.25, 0.3) is 0 Å². The highest BCUT2D eigenvalue weighted by Gasteiger charge is 2.30. The third-order valence-electron chi connectivity index (χ3n) is 17.7. The smallest absolute Gasteiger partial charge is 0.462 e. The van der Waals surface area contributed by atoms with E-state index in [4.69, 9.17) is 37.0 Å². The Hall–Kier alpha value is -1.94. The van der Waals surface area contributed by atoms with Gasteiger partial charge in [-0.2, -0.15) is 0 Å². The zero-order chi connectivity index (χ0) is 69.4. The van der Waals surface area contributed by atoms with E-state index in [-0.39, 0.29) is 25.7 Å². The molecular weight excluding hydrogens is 1230 g/mol. The Morgan fingerprint density at radius 3 is 0.809 bits per heavy atom. The van der Waals surface area contributed by atoms with Gasteiger partial charge in [0.05, 0.1) is 26.4 Å². The maximum absolute atomic E-state index is 13.1. The molecule has 0 fully saturated rings. The molecule has 0 rings (SSSR count). The zero-order valence-electron chi connectivity index (χ0n) is 61.4. The molecule has 0 aromatic carbocycles. The Bertz CT molecular complexity index is 1840. The summed E-state index contributed by atoms with van der Waals surface area (Å²) in [7, 11) is -9.91. The molecule has 0 aromatic heterocycles. The van der Waals surface area contributed by atoms with Crippen molar-refractivity contribution in [1.82, 2.24) is 0 Å². The van der Waals surface area contributed by atoms with Crippen molar-refractivity contribution in [2.24, 2.45) is 17.8 Å². The van der Waals surface area contributed by atoms with Crippen molar-refractivity contribution in [3.63, 3.8) is 0 Å². The lowest BCUT2D eigenvalue weighted by Crippen LogP contribution is -2.30. The van der Waals surface area contributed by atoms with Gasteiger partial charge in [-0.3, -0.25) is 37.3 Å². The first kappa shape index (κ1) is 92.1. The molecule has 0 aromatic rings. The van der Waals surface area contributed by atoms with Crippen molar-refractivity contribution in [3.05, 3.63) is 0 Å². The molecule has 0 heterocycles. The number of aliphatic hydroxyl groups is 1. The highest BCUT2D eigenvalue weighted by Crippen LogP contribution is 2.45. The summed E-state index contributed by atoms with van der Waals surface area (Å²) >= 11 is 0. The van der Waals surface area contributed by atoms with Gasteiger partial charge in [0, 0.05) is 25.7 Å². The quantitative estimate of drug-likeness (QED) is 0.0222. The predicted octanol–water partition coefficient (Wildman–Crippen LogP) is 21.8. The SMILES string of the molecule is CCCCCCCCCCCCCCCCCCC(=O)O[C@H](COC(=O)CCCCCCCCCCCCC(C)CC)COP(=O)(O)OC[C@@H](O)COP(=O)(O)OC[C@@H](COC(=O)CCCCCCCCCCC(C)C)OC(=O)CCCCCCCCCCCCC(C)C. The highest BCUT2D eigenvalue weighted by molar-refractivity contribution is 7.47. The lowest BCUT2D eigenvalue weighted by atomic mass is 9.99. The number of phosphoric ester groups is 2. The number of carbonyl (C=O) groups is 4. The summed E-state index contributed by atoms with van der Waals surface area (Å²) < 4.78 is 68.5. The van der Waals surface area contributed by atoms with Crippen LogP contribution in [0.25, 0.3) is 0 Å². The monoisotopic (exact) mass is 1380 g/mol. The first-order valence-corrected chi connectivity index (χ1v) is 41.9. The van der Waals surface area contributed by atoms with Crippen molar-refractivity contribution in [3.8, 4) is 0 Å². The van der Waals surface area contributed by atoms with E-state index < -0.39 is 97.5 Å². The Morgan fingerprint density at radius 2 is 0.543 bits per heavy atom. The Kier molecular flexibility index (Phi) is 64.3. The summed E-state index contributed by atoms with van der Waals surface area (Å²) in [4.78, 5) is 72.8. The van der Waals surface area contributed by atoms with Crippen molar-refractivity contribution < 1.29 is 80.2 Å². The minimum absolute atomic E-state index is 0.105. The molecule has 0 aliphatic carbocycles. The molecule has 0 aliphatic heterocycles.